The van der Waals surface area contributed by atoms with Crippen molar-refractivity contribution in [2.24, 2.45) is 0 Å². The van der Waals surface area contributed by atoms with Gasteiger partial charge >= 0.3 is 12.4 Å². The third-order valence-corrected chi connectivity index (χ3v) is 4.12. The first-order valence-corrected chi connectivity index (χ1v) is 9.09. The normalized spacial score (nSPS) is 11.8. The highest BCUT2D eigenvalue weighted by Crippen LogP contribution is 2.30. The van der Waals surface area contributed by atoms with Crippen LogP contribution < -0.4 is 15.5 Å². The second-order valence-corrected chi connectivity index (χ2v) is 6.70. The van der Waals surface area contributed by atoms with E-state index >= 15 is 0 Å². The third-order valence-electron chi connectivity index (χ3n) is 4.12. The molecule has 3 aromatic rings. The van der Waals surface area contributed by atoms with Gasteiger partial charge in [-0.15, -0.1) is 0 Å². The van der Waals surface area contributed by atoms with Gasteiger partial charge in [0.1, 0.15) is 0 Å². The molecule has 0 saturated carbocycles. The van der Waals surface area contributed by atoms with Crippen LogP contribution in [0.4, 0.5) is 32.0 Å². The van der Waals surface area contributed by atoms with E-state index in [2.05, 4.69) is 20.1 Å². The van der Waals surface area contributed by atoms with Crippen molar-refractivity contribution in [2.75, 3.05) is 11.9 Å². The Labute approximate surface area is 181 Å². The van der Waals surface area contributed by atoms with Gasteiger partial charge in [-0.1, -0.05) is 6.07 Å². The smallest absolute Gasteiger partial charge is 0.422 e. The lowest BCUT2D eigenvalue weighted by Crippen LogP contribution is -2.27. The zero-order valence-electron chi connectivity index (χ0n) is 16.7. The average Bonchev–Trinajstić information content (AvgIpc) is 2.72. The lowest BCUT2D eigenvalue weighted by atomic mass is 10.2. The molecule has 1 amide bonds. The summed E-state index contributed by atoms with van der Waals surface area (Å²) < 4.78 is 81.1. The molecule has 0 saturated heterocycles. The molecule has 2 heterocycles. The van der Waals surface area contributed by atoms with Crippen LogP contribution in [-0.2, 0) is 6.18 Å². The maximum Gasteiger partial charge on any atom is 0.422 e. The predicted octanol–water partition coefficient (Wildman–Crippen LogP) is 4.15. The summed E-state index contributed by atoms with van der Waals surface area (Å²) in [6.45, 7) is -0.117. The van der Waals surface area contributed by atoms with Crippen LogP contribution >= 0.6 is 0 Å². The van der Waals surface area contributed by atoms with Gasteiger partial charge in [0.25, 0.3) is 5.91 Å². The number of aromatic nitrogens is 3. The number of anilines is 1. The Morgan fingerprint density at radius 3 is 2.42 bits per heavy atom. The first-order chi connectivity index (χ1) is 15.3. The Bertz CT molecular complexity index is 1220. The summed E-state index contributed by atoms with van der Waals surface area (Å²) in [6.07, 6.45) is -8.15. The molecule has 2 aromatic heterocycles. The number of carbonyl (C=O) groups excluding carboxylic acids is 1. The molecule has 0 spiro atoms. The SMILES string of the molecule is Cc1cc(=O)c(C(=O)Nc2ccc(OCC(F)(F)F)nc2)nn1-c1cccc(C(F)(F)F)c1. The molecule has 0 atom stereocenters. The minimum Gasteiger partial charge on any atom is -0.468 e. The van der Waals surface area contributed by atoms with Crippen molar-refractivity contribution in [1.82, 2.24) is 14.8 Å². The molecule has 0 radical (unpaired) electrons. The quantitative estimate of drug-likeness (QED) is 0.564. The molecule has 3 rings (SSSR count). The van der Waals surface area contributed by atoms with Crippen LogP contribution in [0.3, 0.4) is 0 Å². The van der Waals surface area contributed by atoms with E-state index in [1.165, 1.54) is 19.1 Å². The lowest BCUT2D eigenvalue weighted by Gasteiger charge is -2.13. The van der Waals surface area contributed by atoms with Crippen LogP contribution in [0.25, 0.3) is 5.69 Å². The number of pyridine rings is 1. The highest BCUT2D eigenvalue weighted by atomic mass is 19.4. The standard InChI is InChI=1S/C20H14F6N4O3/c1-11-7-15(31)17(29-30(11)14-4-2-3-12(8-14)20(24,25)26)18(32)28-13-5-6-16(27-9-13)33-10-19(21,22)23/h2-9H,10H2,1H3,(H,28,32). The number of amides is 1. The molecule has 0 fully saturated rings. The van der Waals surface area contributed by atoms with Crippen LogP contribution in [0.1, 0.15) is 21.7 Å². The van der Waals surface area contributed by atoms with Crippen molar-refractivity contribution in [3.8, 4) is 11.6 Å². The topological polar surface area (TPSA) is 86.1 Å². The van der Waals surface area contributed by atoms with Crippen molar-refractivity contribution < 1.29 is 35.9 Å². The Balaban J connectivity index is 1.84. The maximum absolute atomic E-state index is 13.0. The van der Waals surface area contributed by atoms with E-state index in [-0.39, 0.29) is 22.9 Å². The highest BCUT2D eigenvalue weighted by Gasteiger charge is 2.31. The third kappa shape index (κ3) is 6.08. The first kappa shape index (κ1) is 23.8. The number of rotatable bonds is 5. The molecule has 7 nitrogen and oxygen atoms in total. The summed E-state index contributed by atoms with van der Waals surface area (Å²) in [5.41, 5.74) is -2.16. The van der Waals surface area contributed by atoms with E-state index in [9.17, 15) is 35.9 Å². The van der Waals surface area contributed by atoms with Crippen LogP contribution in [0.2, 0.25) is 0 Å². The van der Waals surface area contributed by atoms with E-state index in [1.807, 2.05) is 0 Å². The highest BCUT2D eigenvalue weighted by molar-refractivity contribution is 6.02. The molecule has 0 aliphatic rings. The molecule has 33 heavy (non-hydrogen) atoms. The molecule has 174 valence electrons. The summed E-state index contributed by atoms with van der Waals surface area (Å²) in [7, 11) is 0. The Morgan fingerprint density at radius 2 is 1.82 bits per heavy atom. The number of hydrogen-bond acceptors (Lipinski definition) is 5. The van der Waals surface area contributed by atoms with Crippen LogP contribution in [-0.4, -0.2) is 33.5 Å². The fraction of sp³-hybridized carbons (Fsp3) is 0.200. The van der Waals surface area contributed by atoms with Crippen molar-refractivity contribution in [3.63, 3.8) is 0 Å². The minimum atomic E-state index is -4.61. The van der Waals surface area contributed by atoms with Crippen molar-refractivity contribution in [3.05, 3.63) is 75.8 Å². The summed E-state index contributed by atoms with van der Waals surface area (Å²) in [6, 6.07) is 7.46. The van der Waals surface area contributed by atoms with Gasteiger partial charge in [-0.25, -0.2) is 9.67 Å². The molecule has 1 N–H and O–H groups in total. The summed E-state index contributed by atoms with van der Waals surface area (Å²) in [5.74, 6) is -1.34. The number of halogens is 6. The number of aryl methyl sites for hydroxylation is 1. The van der Waals surface area contributed by atoms with Gasteiger partial charge in [0.15, 0.2) is 12.3 Å². The second kappa shape index (κ2) is 8.92. The number of hydrogen-bond donors (Lipinski definition) is 1. The number of ether oxygens (including phenoxy) is 1. The fourth-order valence-corrected chi connectivity index (χ4v) is 2.67. The van der Waals surface area contributed by atoms with E-state index in [1.54, 1.807) is 0 Å². The van der Waals surface area contributed by atoms with Crippen LogP contribution in [0, 0.1) is 6.92 Å². The Hall–Kier alpha value is -3.90. The van der Waals surface area contributed by atoms with Crippen molar-refractivity contribution in [1.29, 1.82) is 0 Å². The number of nitrogens with one attached hydrogen (secondary N) is 1. The van der Waals surface area contributed by atoms with Crippen LogP contribution in [0.15, 0.2) is 53.5 Å². The molecule has 1 aromatic carbocycles. The largest absolute Gasteiger partial charge is 0.468 e. The molecule has 13 heteroatoms. The number of alkyl halides is 6. The van der Waals surface area contributed by atoms with Gasteiger partial charge in [-0.05, 0) is 31.2 Å². The molecular weight excluding hydrogens is 458 g/mol. The van der Waals surface area contributed by atoms with Gasteiger partial charge in [0.2, 0.25) is 11.3 Å². The number of nitrogens with zero attached hydrogens (tertiary/aromatic N) is 3. The average molecular weight is 472 g/mol. The van der Waals surface area contributed by atoms with Gasteiger partial charge in [0.05, 0.1) is 23.1 Å². The fourth-order valence-electron chi connectivity index (χ4n) is 2.67. The van der Waals surface area contributed by atoms with Gasteiger partial charge in [-0.3, -0.25) is 9.59 Å². The Kier molecular flexibility index (Phi) is 6.42. The molecule has 0 unspecified atom stereocenters. The van der Waals surface area contributed by atoms with Gasteiger partial charge in [-0.2, -0.15) is 31.4 Å². The number of benzene rings is 1. The minimum absolute atomic E-state index is 0.0201. The van der Waals surface area contributed by atoms with E-state index in [4.69, 9.17) is 0 Å². The molecular formula is C20H14F6N4O3. The lowest BCUT2D eigenvalue weighted by molar-refractivity contribution is -0.154. The molecule has 0 bridgehead atoms. The second-order valence-electron chi connectivity index (χ2n) is 6.70. The predicted molar refractivity (Wildman–Crippen MR) is 103 cm³/mol. The Morgan fingerprint density at radius 1 is 1.09 bits per heavy atom. The molecule has 0 aliphatic heterocycles. The maximum atomic E-state index is 13.0. The zero-order valence-corrected chi connectivity index (χ0v) is 16.7. The van der Waals surface area contributed by atoms with Gasteiger partial charge in [0, 0.05) is 17.8 Å². The van der Waals surface area contributed by atoms with Gasteiger partial charge < -0.3 is 10.1 Å². The monoisotopic (exact) mass is 472 g/mol. The zero-order chi connectivity index (χ0) is 24.4. The van der Waals surface area contributed by atoms with Crippen molar-refractivity contribution in [2.45, 2.75) is 19.3 Å². The van der Waals surface area contributed by atoms with Crippen molar-refractivity contribution >= 4 is 11.6 Å². The summed E-state index contributed by atoms with van der Waals surface area (Å²) in [5, 5.41) is 6.19. The van der Waals surface area contributed by atoms with E-state index in [0.717, 1.165) is 41.2 Å². The molecule has 0 aliphatic carbocycles. The van der Waals surface area contributed by atoms with Crippen LogP contribution in [0.5, 0.6) is 5.88 Å². The first-order valence-electron chi connectivity index (χ1n) is 9.09. The number of carbonyl (C=O) groups is 1. The summed E-state index contributed by atoms with van der Waals surface area (Å²) in [4.78, 5) is 28.4. The van der Waals surface area contributed by atoms with E-state index in [0.29, 0.717) is 0 Å². The van der Waals surface area contributed by atoms with E-state index < -0.39 is 41.6 Å². The summed E-state index contributed by atoms with van der Waals surface area (Å²) >= 11 is 0.